The van der Waals surface area contributed by atoms with Crippen molar-refractivity contribution in [1.29, 1.82) is 0 Å². The van der Waals surface area contributed by atoms with E-state index in [2.05, 4.69) is 20.5 Å². The zero-order valence-electron chi connectivity index (χ0n) is 12.8. The highest BCUT2D eigenvalue weighted by atomic mass is 16.5. The summed E-state index contributed by atoms with van der Waals surface area (Å²) in [5, 5.41) is 9.47. The zero-order chi connectivity index (χ0) is 16.2. The minimum absolute atomic E-state index is 0.214. The Morgan fingerprint density at radius 3 is 2.83 bits per heavy atom. The average molecular weight is 308 g/mol. The van der Waals surface area contributed by atoms with Crippen LogP contribution in [-0.4, -0.2) is 28.2 Å². The Hall–Kier alpha value is -3.15. The second kappa shape index (κ2) is 6.31. The second-order valence-corrected chi connectivity index (χ2v) is 5.07. The first-order chi connectivity index (χ1) is 11.2. The van der Waals surface area contributed by atoms with E-state index in [0.29, 0.717) is 22.8 Å². The molecule has 0 radical (unpaired) electrons. The molecular weight excluding hydrogens is 292 g/mol. The molecular formula is C17H16N4O2. The Kier molecular flexibility index (Phi) is 4.05. The minimum Gasteiger partial charge on any atom is -0.495 e. The first kappa shape index (κ1) is 14.8. The lowest BCUT2D eigenvalue weighted by Crippen LogP contribution is -2.12. The van der Waals surface area contributed by atoms with E-state index in [0.717, 1.165) is 11.1 Å². The maximum atomic E-state index is 12.5. The van der Waals surface area contributed by atoms with E-state index < -0.39 is 0 Å². The van der Waals surface area contributed by atoms with Crippen LogP contribution >= 0.6 is 0 Å². The molecule has 0 saturated heterocycles. The number of rotatable bonds is 4. The largest absolute Gasteiger partial charge is 0.495 e. The molecule has 3 aromatic rings. The Bertz CT molecular complexity index is 828. The second-order valence-electron chi connectivity index (χ2n) is 5.07. The first-order valence-corrected chi connectivity index (χ1v) is 7.09. The summed E-state index contributed by atoms with van der Waals surface area (Å²) < 4.78 is 5.31. The van der Waals surface area contributed by atoms with Gasteiger partial charge in [-0.25, -0.2) is 4.98 Å². The average Bonchev–Trinajstić information content (AvgIpc) is 3.11. The SMILES string of the molecule is COc1cc(C)ccc1NC(=O)c1cccc(-c2ncn[nH]2)c1. The number of hydrogen-bond acceptors (Lipinski definition) is 4. The molecule has 0 aliphatic heterocycles. The Labute approximate surface area is 133 Å². The molecule has 0 bridgehead atoms. The van der Waals surface area contributed by atoms with E-state index in [-0.39, 0.29) is 5.91 Å². The number of aryl methyl sites for hydroxylation is 1. The van der Waals surface area contributed by atoms with Gasteiger partial charge in [-0.3, -0.25) is 9.89 Å². The number of aromatic nitrogens is 3. The van der Waals surface area contributed by atoms with E-state index in [1.54, 1.807) is 25.3 Å². The molecule has 0 aliphatic carbocycles. The maximum Gasteiger partial charge on any atom is 0.255 e. The van der Waals surface area contributed by atoms with Crippen LogP contribution in [0.1, 0.15) is 15.9 Å². The molecule has 0 spiro atoms. The number of aromatic amines is 1. The maximum absolute atomic E-state index is 12.5. The quantitative estimate of drug-likeness (QED) is 0.776. The summed E-state index contributed by atoms with van der Waals surface area (Å²) in [6.45, 7) is 1.97. The molecule has 0 atom stereocenters. The van der Waals surface area contributed by atoms with Crippen molar-refractivity contribution in [2.24, 2.45) is 0 Å². The van der Waals surface area contributed by atoms with Gasteiger partial charge in [-0.1, -0.05) is 18.2 Å². The van der Waals surface area contributed by atoms with Gasteiger partial charge in [0.1, 0.15) is 12.1 Å². The third-order valence-electron chi connectivity index (χ3n) is 3.42. The topological polar surface area (TPSA) is 79.9 Å². The van der Waals surface area contributed by atoms with E-state index >= 15 is 0 Å². The molecule has 1 amide bonds. The molecule has 2 aromatic carbocycles. The molecule has 6 nitrogen and oxygen atoms in total. The predicted molar refractivity (Wildman–Crippen MR) is 87.5 cm³/mol. The number of H-pyrrole nitrogens is 1. The molecule has 116 valence electrons. The molecule has 0 saturated carbocycles. The number of benzene rings is 2. The number of nitrogens with zero attached hydrogens (tertiary/aromatic N) is 2. The number of carbonyl (C=O) groups is 1. The van der Waals surface area contributed by atoms with Crippen molar-refractivity contribution in [2.75, 3.05) is 12.4 Å². The van der Waals surface area contributed by atoms with E-state index in [4.69, 9.17) is 4.74 Å². The number of anilines is 1. The van der Waals surface area contributed by atoms with Gasteiger partial charge in [0, 0.05) is 11.1 Å². The summed E-state index contributed by atoms with van der Waals surface area (Å²) in [7, 11) is 1.58. The number of carbonyl (C=O) groups excluding carboxylic acids is 1. The van der Waals surface area contributed by atoms with Crippen LogP contribution in [0.5, 0.6) is 5.75 Å². The predicted octanol–water partition coefficient (Wildman–Crippen LogP) is 3.04. The highest BCUT2D eigenvalue weighted by Crippen LogP contribution is 2.26. The fourth-order valence-corrected chi connectivity index (χ4v) is 2.25. The van der Waals surface area contributed by atoms with Crippen molar-refractivity contribution in [3.8, 4) is 17.1 Å². The fourth-order valence-electron chi connectivity index (χ4n) is 2.25. The van der Waals surface area contributed by atoms with Crippen LogP contribution in [0.3, 0.4) is 0 Å². The number of ether oxygens (including phenoxy) is 1. The van der Waals surface area contributed by atoms with Gasteiger partial charge in [0.2, 0.25) is 0 Å². The van der Waals surface area contributed by atoms with Crippen LogP contribution in [0.15, 0.2) is 48.8 Å². The summed E-state index contributed by atoms with van der Waals surface area (Å²) in [5.74, 6) is 1.03. The van der Waals surface area contributed by atoms with Crippen molar-refractivity contribution < 1.29 is 9.53 Å². The van der Waals surface area contributed by atoms with Gasteiger partial charge >= 0.3 is 0 Å². The highest BCUT2D eigenvalue weighted by Gasteiger charge is 2.11. The van der Waals surface area contributed by atoms with Crippen molar-refractivity contribution in [2.45, 2.75) is 6.92 Å². The molecule has 1 heterocycles. The molecule has 23 heavy (non-hydrogen) atoms. The van der Waals surface area contributed by atoms with Gasteiger partial charge < -0.3 is 10.1 Å². The summed E-state index contributed by atoms with van der Waals surface area (Å²) in [6, 6.07) is 12.8. The van der Waals surface area contributed by atoms with Crippen molar-refractivity contribution in [1.82, 2.24) is 15.2 Å². The Morgan fingerprint density at radius 2 is 2.09 bits per heavy atom. The van der Waals surface area contributed by atoms with E-state index in [1.807, 2.05) is 31.2 Å². The standard InChI is InChI=1S/C17H16N4O2/c1-11-6-7-14(15(8-11)23-2)20-17(22)13-5-3-4-12(9-13)16-18-10-19-21-16/h3-10H,1-2H3,(H,20,22)(H,18,19,21). The molecule has 3 rings (SSSR count). The van der Waals surface area contributed by atoms with Crippen LogP contribution in [0, 0.1) is 6.92 Å². The monoisotopic (exact) mass is 308 g/mol. The van der Waals surface area contributed by atoms with Gasteiger partial charge in [-0.05, 0) is 36.8 Å². The highest BCUT2D eigenvalue weighted by molar-refractivity contribution is 6.05. The van der Waals surface area contributed by atoms with Gasteiger partial charge in [0.25, 0.3) is 5.91 Å². The Balaban J connectivity index is 1.85. The van der Waals surface area contributed by atoms with Crippen molar-refractivity contribution in [3.63, 3.8) is 0 Å². The van der Waals surface area contributed by atoms with Gasteiger partial charge in [0.15, 0.2) is 5.82 Å². The molecule has 2 N–H and O–H groups in total. The summed E-state index contributed by atoms with van der Waals surface area (Å²) in [6.07, 6.45) is 1.43. The smallest absolute Gasteiger partial charge is 0.255 e. The fraction of sp³-hybridized carbons (Fsp3) is 0.118. The number of hydrogen-bond donors (Lipinski definition) is 2. The number of amides is 1. The summed E-state index contributed by atoms with van der Waals surface area (Å²) >= 11 is 0. The number of nitrogens with one attached hydrogen (secondary N) is 2. The van der Waals surface area contributed by atoms with E-state index in [9.17, 15) is 4.79 Å². The van der Waals surface area contributed by atoms with E-state index in [1.165, 1.54) is 6.33 Å². The van der Waals surface area contributed by atoms with Gasteiger partial charge in [0.05, 0.1) is 12.8 Å². The third kappa shape index (κ3) is 3.21. The van der Waals surface area contributed by atoms with Gasteiger partial charge in [-0.2, -0.15) is 5.10 Å². The van der Waals surface area contributed by atoms with Crippen LogP contribution in [0.2, 0.25) is 0 Å². The lowest BCUT2D eigenvalue weighted by molar-refractivity contribution is 0.102. The van der Waals surface area contributed by atoms with Gasteiger partial charge in [-0.15, -0.1) is 0 Å². The Morgan fingerprint density at radius 1 is 1.22 bits per heavy atom. The normalized spacial score (nSPS) is 10.3. The third-order valence-corrected chi connectivity index (χ3v) is 3.42. The molecule has 0 fully saturated rings. The lowest BCUT2D eigenvalue weighted by Gasteiger charge is -2.11. The zero-order valence-corrected chi connectivity index (χ0v) is 12.8. The lowest BCUT2D eigenvalue weighted by atomic mass is 10.1. The molecule has 0 unspecified atom stereocenters. The van der Waals surface area contributed by atoms with Crippen LogP contribution in [0.4, 0.5) is 5.69 Å². The van der Waals surface area contributed by atoms with Crippen LogP contribution < -0.4 is 10.1 Å². The molecule has 0 aliphatic rings. The minimum atomic E-state index is -0.214. The molecule has 6 heteroatoms. The summed E-state index contributed by atoms with van der Waals surface area (Å²) in [5.41, 5.74) is 3.02. The summed E-state index contributed by atoms with van der Waals surface area (Å²) in [4.78, 5) is 16.6. The van der Waals surface area contributed by atoms with Crippen LogP contribution in [0.25, 0.3) is 11.4 Å². The van der Waals surface area contributed by atoms with Crippen molar-refractivity contribution >= 4 is 11.6 Å². The van der Waals surface area contributed by atoms with Crippen molar-refractivity contribution in [3.05, 3.63) is 59.9 Å². The first-order valence-electron chi connectivity index (χ1n) is 7.09. The number of methoxy groups -OCH3 is 1. The molecule has 1 aromatic heterocycles. The van der Waals surface area contributed by atoms with Crippen LogP contribution in [-0.2, 0) is 0 Å².